The summed E-state index contributed by atoms with van der Waals surface area (Å²) in [7, 11) is 0. The zero-order valence-corrected chi connectivity index (χ0v) is 8.70. The third kappa shape index (κ3) is 2.61. The lowest BCUT2D eigenvalue weighted by Gasteiger charge is -2.17. The molecule has 0 radical (unpaired) electrons. The number of anilines is 2. The maximum atomic E-state index is 9.04. The third-order valence-electron chi connectivity index (χ3n) is 2.30. The van der Waals surface area contributed by atoms with Crippen molar-refractivity contribution in [2.24, 2.45) is 0 Å². The first-order valence-corrected chi connectivity index (χ1v) is 4.88. The molecule has 0 fully saturated rings. The first-order chi connectivity index (χ1) is 7.22. The molecule has 0 aliphatic carbocycles. The van der Waals surface area contributed by atoms with Crippen molar-refractivity contribution in [3.8, 4) is 6.07 Å². The van der Waals surface area contributed by atoms with E-state index in [1.54, 1.807) is 18.2 Å². The van der Waals surface area contributed by atoms with Gasteiger partial charge in [0.15, 0.2) is 0 Å². The largest absolute Gasteiger partial charge is 0.396 e. The van der Waals surface area contributed by atoms with Gasteiger partial charge in [-0.1, -0.05) is 13.0 Å². The van der Waals surface area contributed by atoms with Crippen LogP contribution in [0.5, 0.6) is 0 Å². The quantitative estimate of drug-likeness (QED) is 0.647. The van der Waals surface area contributed by atoms with Crippen LogP contribution in [0.4, 0.5) is 11.4 Å². The van der Waals surface area contributed by atoms with Crippen molar-refractivity contribution >= 4 is 11.4 Å². The van der Waals surface area contributed by atoms with Crippen molar-refractivity contribution in [1.82, 2.24) is 0 Å². The minimum Gasteiger partial charge on any atom is -0.396 e. The second kappa shape index (κ2) is 5.23. The Morgan fingerprint density at radius 1 is 1.60 bits per heavy atom. The van der Waals surface area contributed by atoms with Gasteiger partial charge in [0.25, 0.3) is 0 Å². The molecule has 0 spiro atoms. The summed E-state index contributed by atoms with van der Waals surface area (Å²) in [4.78, 5) is 0. The average Bonchev–Trinajstić information content (AvgIpc) is 2.28. The van der Waals surface area contributed by atoms with Crippen LogP contribution in [-0.4, -0.2) is 17.8 Å². The summed E-state index contributed by atoms with van der Waals surface area (Å²) in [5.74, 6) is 0. The number of aliphatic hydroxyl groups is 1. The molecule has 4 nitrogen and oxygen atoms in total. The van der Waals surface area contributed by atoms with E-state index < -0.39 is 0 Å². The van der Waals surface area contributed by atoms with Crippen molar-refractivity contribution in [2.75, 3.05) is 17.7 Å². The van der Waals surface area contributed by atoms with Crippen LogP contribution < -0.4 is 11.1 Å². The van der Waals surface area contributed by atoms with Gasteiger partial charge in [0.1, 0.15) is 6.07 Å². The number of nitriles is 1. The molecule has 4 N–H and O–H groups in total. The summed E-state index contributed by atoms with van der Waals surface area (Å²) < 4.78 is 0. The lowest BCUT2D eigenvalue weighted by atomic mass is 10.1. The molecule has 0 bridgehead atoms. The van der Waals surface area contributed by atoms with Crippen molar-refractivity contribution < 1.29 is 5.11 Å². The maximum Gasteiger partial charge on any atom is 0.101 e. The normalized spacial score (nSPS) is 11.8. The molecule has 0 amide bonds. The number of hydrogen-bond acceptors (Lipinski definition) is 4. The molecule has 0 aliphatic heterocycles. The van der Waals surface area contributed by atoms with Crippen molar-refractivity contribution in [1.29, 1.82) is 5.26 Å². The lowest BCUT2D eigenvalue weighted by molar-refractivity contribution is 0.272. The summed E-state index contributed by atoms with van der Waals surface area (Å²) in [5, 5.41) is 20.9. The number of benzene rings is 1. The van der Waals surface area contributed by atoms with Gasteiger partial charge in [-0.15, -0.1) is 0 Å². The monoisotopic (exact) mass is 205 g/mol. The first kappa shape index (κ1) is 11.3. The Hall–Kier alpha value is -1.73. The number of nitrogens with zero attached hydrogens (tertiary/aromatic N) is 1. The Morgan fingerprint density at radius 3 is 2.87 bits per heavy atom. The fraction of sp³-hybridized carbons (Fsp3) is 0.364. The minimum atomic E-state index is -0.0266. The summed E-state index contributed by atoms with van der Waals surface area (Å²) in [6, 6.07) is 7.22. The molecule has 0 aliphatic rings. The fourth-order valence-corrected chi connectivity index (χ4v) is 1.29. The molecular formula is C11H15N3O. The molecule has 1 atom stereocenters. The lowest BCUT2D eigenvalue weighted by Crippen LogP contribution is -2.23. The van der Waals surface area contributed by atoms with E-state index in [1.165, 1.54) is 0 Å². The zero-order valence-electron chi connectivity index (χ0n) is 8.70. The Kier molecular flexibility index (Phi) is 3.95. The van der Waals surface area contributed by atoms with Crippen LogP contribution in [0.3, 0.4) is 0 Å². The maximum absolute atomic E-state index is 9.04. The van der Waals surface area contributed by atoms with E-state index in [4.69, 9.17) is 16.1 Å². The second-order valence-corrected chi connectivity index (χ2v) is 3.31. The minimum absolute atomic E-state index is 0.0266. The number of nitrogens with two attached hydrogens (primary N) is 1. The molecule has 4 heteroatoms. The summed E-state index contributed by atoms with van der Waals surface area (Å²) in [5.41, 5.74) is 7.38. The van der Waals surface area contributed by atoms with Crippen molar-refractivity contribution in [3.63, 3.8) is 0 Å². The second-order valence-electron chi connectivity index (χ2n) is 3.31. The molecule has 1 aromatic rings. The van der Waals surface area contributed by atoms with E-state index in [0.717, 1.165) is 6.42 Å². The molecule has 0 aromatic heterocycles. The van der Waals surface area contributed by atoms with Gasteiger partial charge in [-0.2, -0.15) is 5.26 Å². The topological polar surface area (TPSA) is 82.1 Å². The van der Waals surface area contributed by atoms with E-state index in [2.05, 4.69) is 5.32 Å². The number of nitrogens with one attached hydrogen (secondary N) is 1. The average molecular weight is 205 g/mol. The SMILES string of the molecule is CCC(CO)Nc1cccc(C#N)c1N. The number of nitrogen functional groups attached to an aromatic ring is 1. The van der Waals surface area contributed by atoms with Crippen LogP contribution in [0.2, 0.25) is 0 Å². The van der Waals surface area contributed by atoms with E-state index in [1.807, 2.05) is 13.0 Å². The van der Waals surface area contributed by atoms with Crippen LogP contribution in [0.1, 0.15) is 18.9 Å². The van der Waals surface area contributed by atoms with Crippen molar-refractivity contribution in [2.45, 2.75) is 19.4 Å². The van der Waals surface area contributed by atoms with Gasteiger partial charge >= 0.3 is 0 Å². The van der Waals surface area contributed by atoms with E-state index in [-0.39, 0.29) is 12.6 Å². The summed E-state index contributed by atoms with van der Waals surface area (Å²) in [6.45, 7) is 2.02. The van der Waals surface area contributed by atoms with Crippen LogP contribution in [0.25, 0.3) is 0 Å². The molecular weight excluding hydrogens is 190 g/mol. The van der Waals surface area contributed by atoms with Gasteiger partial charge in [0.05, 0.1) is 23.5 Å². The fourth-order valence-electron chi connectivity index (χ4n) is 1.29. The van der Waals surface area contributed by atoms with Gasteiger partial charge in [0.2, 0.25) is 0 Å². The first-order valence-electron chi connectivity index (χ1n) is 4.88. The third-order valence-corrected chi connectivity index (χ3v) is 2.30. The highest BCUT2D eigenvalue weighted by molar-refractivity contribution is 5.73. The van der Waals surface area contributed by atoms with Crippen molar-refractivity contribution in [3.05, 3.63) is 23.8 Å². The van der Waals surface area contributed by atoms with Crippen LogP contribution >= 0.6 is 0 Å². The Balaban J connectivity index is 2.91. The number of rotatable bonds is 4. The van der Waals surface area contributed by atoms with E-state index in [0.29, 0.717) is 16.9 Å². The van der Waals surface area contributed by atoms with E-state index in [9.17, 15) is 0 Å². The molecule has 1 aromatic carbocycles. The van der Waals surface area contributed by atoms with Crippen LogP contribution in [-0.2, 0) is 0 Å². The Bertz CT molecular complexity index is 367. The molecule has 15 heavy (non-hydrogen) atoms. The predicted octanol–water partition coefficient (Wildman–Crippen LogP) is 1.32. The van der Waals surface area contributed by atoms with Gasteiger partial charge in [0, 0.05) is 6.04 Å². The number of hydrogen-bond donors (Lipinski definition) is 3. The molecule has 0 saturated heterocycles. The Labute approximate surface area is 89.3 Å². The van der Waals surface area contributed by atoms with E-state index >= 15 is 0 Å². The smallest absolute Gasteiger partial charge is 0.101 e. The van der Waals surface area contributed by atoms with Gasteiger partial charge in [-0.25, -0.2) is 0 Å². The molecule has 1 rings (SSSR count). The summed E-state index contributed by atoms with van der Waals surface area (Å²) >= 11 is 0. The van der Waals surface area contributed by atoms with Gasteiger partial charge in [-0.05, 0) is 18.6 Å². The highest BCUT2D eigenvalue weighted by Crippen LogP contribution is 2.22. The Morgan fingerprint density at radius 2 is 2.33 bits per heavy atom. The molecule has 0 saturated carbocycles. The predicted molar refractivity (Wildman–Crippen MR) is 60.4 cm³/mol. The highest BCUT2D eigenvalue weighted by atomic mass is 16.3. The van der Waals surface area contributed by atoms with Gasteiger partial charge < -0.3 is 16.2 Å². The van der Waals surface area contributed by atoms with Crippen LogP contribution in [0.15, 0.2) is 18.2 Å². The standard InChI is InChI=1S/C11H15N3O/c1-2-9(7-15)14-10-5-3-4-8(6-12)11(10)13/h3-5,9,14-15H,2,7,13H2,1H3. The van der Waals surface area contributed by atoms with Crippen LogP contribution in [0, 0.1) is 11.3 Å². The number of aliphatic hydroxyl groups excluding tert-OH is 1. The highest BCUT2D eigenvalue weighted by Gasteiger charge is 2.08. The number of para-hydroxylation sites is 1. The van der Waals surface area contributed by atoms with Gasteiger partial charge in [-0.3, -0.25) is 0 Å². The molecule has 1 unspecified atom stereocenters. The summed E-state index contributed by atoms with van der Waals surface area (Å²) in [6.07, 6.45) is 0.798. The molecule has 0 heterocycles. The molecule has 80 valence electrons. The zero-order chi connectivity index (χ0) is 11.3.